The number of carbonyl (C=O) groups is 2. The van der Waals surface area contributed by atoms with Crippen LogP contribution in [0.5, 0.6) is 0 Å². The van der Waals surface area contributed by atoms with Crippen molar-refractivity contribution in [2.24, 2.45) is 0 Å². The molecule has 3 rings (SSSR count). The number of amides is 3. The third-order valence-electron chi connectivity index (χ3n) is 4.63. The first-order chi connectivity index (χ1) is 11.8. The van der Waals surface area contributed by atoms with Crippen molar-refractivity contribution in [3.63, 3.8) is 0 Å². The Kier molecular flexibility index (Phi) is 4.62. The maximum absolute atomic E-state index is 12.8. The predicted molar refractivity (Wildman–Crippen MR) is 96.9 cm³/mol. The molecule has 3 amide bonds. The summed E-state index contributed by atoms with van der Waals surface area (Å²) in [6.45, 7) is 9.88. The Balaban J connectivity index is 1.70. The zero-order chi connectivity index (χ0) is 18.2. The van der Waals surface area contributed by atoms with Gasteiger partial charge in [0.25, 0.3) is 0 Å². The topological polar surface area (TPSA) is 53.1 Å². The van der Waals surface area contributed by atoms with Gasteiger partial charge in [0.2, 0.25) is 0 Å². The normalized spacial score (nSPS) is 20.7. The van der Waals surface area contributed by atoms with Gasteiger partial charge in [0.15, 0.2) is 0 Å². The number of aryl methyl sites for hydroxylation is 1. The van der Waals surface area contributed by atoms with Crippen molar-refractivity contribution in [1.82, 2.24) is 9.80 Å². The molecule has 6 nitrogen and oxygen atoms in total. The van der Waals surface area contributed by atoms with E-state index < -0.39 is 5.60 Å². The molecule has 0 bridgehead atoms. The van der Waals surface area contributed by atoms with Crippen LogP contribution >= 0.6 is 0 Å². The largest absolute Gasteiger partial charge is 0.444 e. The number of rotatable bonds is 2. The Morgan fingerprint density at radius 1 is 1.24 bits per heavy atom. The molecule has 25 heavy (non-hydrogen) atoms. The van der Waals surface area contributed by atoms with Crippen molar-refractivity contribution < 1.29 is 14.3 Å². The van der Waals surface area contributed by atoms with Gasteiger partial charge < -0.3 is 14.5 Å². The Hall–Kier alpha value is -2.24. The maximum atomic E-state index is 12.8. The monoisotopic (exact) mass is 345 g/mol. The molecule has 2 aliphatic rings. The van der Waals surface area contributed by atoms with E-state index in [4.69, 9.17) is 4.74 Å². The average molecular weight is 345 g/mol. The van der Waals surface area contributed by atoms with Gasteiger partial charge in [-0.05, 0) is 44.9 Å². The SMILES string of the molecule is CCc1cccc(N2CC3CN(C(=O)OC(C)(C)C)CCN3C2=O)c1. The van der Waals surface area contributed by atoms with Crippen molar-refractivity contribution >= 4 is 17.8 Å². The molecule has 1 aromatic carbocycles. The number of hydrogen-bond acceptors (Lipinski definition) is 3. The van der Waals surface area contributed by atoms with Crippen LogP contribution < -0.4 is 4.90 Å². The van der Waals surface area contributed by atoms with Gasteiger partial charge >= 0.3 is 12.1 Å². The number of benzene rings is 1. The average Bonchev–Trinajstić information content (AvgIpc) is 2.90. The second-order valence-corrected chi connectivity index (χ2v) is 7.69. The standard InChI is InChI=1S/C19H27N3O3/c1-5-14-7-6-8-15(11-14)22-13-16-12-20(9-10-21(16)17(22)23)18(24)25-19(2,3)4/h6-8,11,16H,5,9-10,12-13H2,1-4H3. The second kappa shape index (κ2) is 6.58. The molecule has 0 spiro atoms. The zero-order valence-corrected chi connectivity index (χ0v) is 15.5. The molecule has 1 unspecified atom stereocenters. The molecule has 6 heteroatoms. The summed E-state index contributed by atoms with van der Waals surface area (Å²) in [5.41, 5.74) is 1.64. The van der Waals surface area contributed by atoms with Crippen molar-refractivity contribution in [3.8, 4) is 0 Å². The molecule has 2 fully saturated rings. The van der Waals surface area contributed by atoms with Gasteiger partial charge in [-0.25, -0.2) is 9.59 Å². The van der Waals surface area contributed by atoms with Crippen LogP contribution in [0.3, 0.4) is 0 Å². The highest BCUT2D eigenvalue weighted by atomic mass is 16.6. The van der Waals surface area contributed by atoms with Gasteiger partial charge in [0.05, 0.1) is 6.04 Å². The Bertz CT molecular complexity index is 668. The van der Waals surface area contributed by atoms with Crippen molar-refractivity contribution in [2.75, 3.05) is 31.1 Å². The summed E-state index contributed by atoms with van der Waals surface area (Å²) in [5.74, 6) is 0. The van der Waals surface area contributed by atoms with Gasteiger partial charge in [-0.2, -0.15) is 0 Å². The Labute approximate surface area is 149 Å². The smallest absolute Gasteiger partial charge is 0.410 e. The van der Waals surface area contributed by atoms with Crippen LogP contribution in [-0.4, -0.2) is 59.7 Å². The lowest BCUT2D eigenvalue weighted by Gasteiger charge is -2.36. The predicted octanol–water partition coefficient (Wildman–Crippen LogP) is 3.11. The van der Waals surface area contributed by atoms with Crippen LogP contribution in [0.15, 0.2) is 24.3 Å². The Morgan fingerprint density at radius 3 is 2.68 bits per heavy atom. The zero-order valence-electron chi connectivity index (χ0n) is 15.5. The highest BCUT2D eigenvalue weighted by Crippen LogP contribution is 2.27. The summed E-state index contributed by atoms with van der Waals surface area (Å²) in [4.78, 5) is 30.5. The molecular weight excluding hydrogens is 318 g/mol. The lowest BCUT2D eigenvalue weighted by Crippen LogP contribution is -2.54. The molecule has 2 aliphatic heterocycles. The van der Waals surface area contributed by atoms with Gasteiger partial charge in [0.1, 0.15) is 5.60 Å². The molecule has 0 saturated carbocycles. The van der Waals surface area contributed by atoms with E-state index in [1.54, 1.807) is 4.90 Å². The van der Waals surface area contributed by atoms with E-state index in [9.17, 15) is 9.59 Å². The van der Waals surface area contributed by atoms with E-state index in [-0.39, 0.29) is 18.2 Å². The number of piperazine rings is 1. The molecule has 1 atom stereocenters. The third-order valence-corrected chi connectivity index (χ3v) is 4.63. The molecule has 136 valence electrons. The summed E-state index contributed by atoms with van der Waals surface area (Å²) in [7, 11) is 0. The number of ether oxygens (including phenoxy) is 1. The molecule has 0 N–H and O–H groups in total. The van der Waals surface area contributed by atoms with E-state index in [0.29, 0.717) is 26.2 Å². The Morgan fingerprint density at radius 2 is 2.00 bits per heavy atom. The molecule has 1 aromatic rings. The first-order valence-corrected chi connectivity index (χ1v) is 8.93. The van der Waals surface area contributed by atoms with Crippen LogP contribution in [0.2, 0.25) is 0 Å². The molecule has 2 heterocycles. The number of nitrogens with zero attached hydrogens (tertiary/aromatic N) is 3. The fraction of sp³-hybridized carbons (Fsp3) is 0.579. The molecule has 0 radical (unpaired) electrons. The maximum Gasteiger partial charge on any atom is 0.410 e. The fourth-order valence-electron chi connectivity index (χ4n) is 3.36. The van der Waals surface area contributed by atoms with Crippen molar-refractivity contribution in [1.29, 1.82) is 0 Å². The minimum absolute atomic E-state index is 0.0130. The minimum Gasteiger partial charge on any atom is -0.444 e. The van der Waals surface area contributed by atoms with Crippen molar-refractivity contribution in [3.05, 3.63) is 29.8 Å². The van der Waals surface area contributed by atoms with Gasteiger partial charge in [-0.3, -0.25) is 4.90 Å². The summed E-state index contributed by atoms with van der Waals surface area (Å²) in [6, 6.07) is 8.15. The van der Waals surface area contributed by atoms with Crippen LogP contribution in [0.4, 0.5) is 15.3 Å². The van der Waals surface area contributed by atoms with E-state index in [1.165, 1.54) is 5.56 Å². The highest BCUT2D eigenvalue weighted by molar-refractivity contribution is 5.95. The molecular formula is C19H27N3O3. The fourth-order valence-corrected chi connectivity index (χ4v) is 3.36. The van der Waals surface area contributed by atoms with Crippen LogP contribution in [0, 0.1) is 0 Å². The number of fused-ring (bicyclic) bond motifs is 1. The van der Waals surface area contributed by atoms with Crippen LogP contribution in [0.1, 0.15) is 33.3 Å². The first kappa shape index (κ1) is 17.6. The minimum atomic E-state index is -0.508. The summed E-state index contributed by atoms with van der Waals surface area (Å²) < 4.78 is 5.46. The first-order valence-electron chi connectivity index (χ1n) is 8.93. The van der Waals surface area contributed by atoms with Gasteiger partial charge in [-0.1, -0.05) is 19.1 Å². The van der Waals surface area contributed by atoms with Crippen LogP contribution in [0.25, 0.3) is 0 Å². The van der Waals surface area contributed by atoms with E-state index in [0.717, 1.165) is 12.1 Å². The number of hydrogen-bond donors (Lipinski definition) is 0. The molecule has 0 aromatic heterocycles. The van der Waals surface area contributed by atoms with Gasteiger partial charge in [-0.15, -0.1) is 0 Å². The van der Waals surface area contributed by atoms with E-state index in [1.807, 2.05) is 42.7 Å². The molecule has 2 saturated heterocycles. The summed E-state index contributed by atoms with van der Waals surface area (Å²) in [5, 5.41) is 0. The lowest BCUT2D eigenvalue weighted by atomic mass is 10.1. The van der Waals surface area contributed by atoms with Crippen molar-refractivity contribution in [2.45, 2.75) is 45.8 Å². The summed E-state index contributed by atoms with van der Waals surface area (Å²) >= 11 is 0. The van der Waals surface area contributed by atoms with E-state index >= 15 is 0 Å². The summed E-state index contributed by atoms with van der Waals surface area (Å²) in [6.07, 6.45) is 0.640. The quantitative estimate of drug-likeness (QED) is 0.827. The number of anilines is 1. The second-order valence-electron chi connectivity index (χ2n) is 7.69. The van der Waals surface area contributed by atoms with Gasteiger partial charge in [0, 0.05) is 31.9 Å². The lowest BCUT2D eigenvalue weighted by molar-refractivity contribution is 0.0128. The van der Waals surface area contributed by atoms with E-state index in [2.05, 4.69) is 19.1 Å². The van der Waals surface area contributed by atoms with Crippen LogP contribution in [-0.2, 0) is 11.2 Å². The molecule has 0 aliphatic carbocycles. The number of urea groups is 1. The highest BCUT2D eigenvalue weighted by Gasteiger charge is 2.42. The third kappa shape index (κ3) is 3.72. The number of carbonyl (C=O) groups excluding carboxylic acids is 2.